The van der Waals surface area contributed by atoms with Crippen molar-refractivity contribution in [3.05, 3.63) is 89.4 Å². The molecule has 0 saturated carbocycles. The number of likely N-dealkylation sites (tertiary alicyclic amines) is 1. The molecule has 3 heterocycles. The van der Waals surface area contributed by atoms with Gasteiger partial charge in [0.2, 0.25) is 0 Å². The summed E-state index contributed by atoms with van der Waals surface area (Å²) in [6.45, 7) is 8.63. The number of ether oxygens (including phenoxy) is 1. The number of hydrogen-bond acceptors (Lipinski definition) is 5. The number of Topliss-reactive ketones (excluding diaryl/α,β-unsaturated/α-hetero) is 1. The molecule has 7 nitrogen and oxygen atoms in total. The van der Waals surface area contributed by atoms with Gasteiger partial charge in [0.1, 0.15) is 5.82 Å². The Hall–Kier alpha value is -3.88. The number of carbonyl (C=O) groups excluding carboxylic acids is 2. The van der Waals surface area contributed by atoms with E-state index >= 15 is 0 Å². The highest BCUT2D eigenvalue weighted by molar-refractivity contribution is 6.01. The lowest BCUT2D eigenvalue weighted by Gasteiger charge is -2.32. The zero-order valence-electron chi connectivity index (χ0n) is 24.8. The van der Waals surface area contributed by atoms with Gasteiger partial charge in [-0.15, -0.1) is 0 Å². The van der Waals surface area contributed by atoms with E-state index in [4.69, 9.17) is 9.84 Å². The third kappa shape index (κ3) is 6.86. The van der Waals surface area contributed by atoms with Gasteiger partial charge in [0.15, 0.2) is 5.78 Å². The Labute approximate surface area is 252 Å². The Bertz CT molecular complexity index is 1570. The van der Waals surface area contributed by atoms with Crippen molar-refractivity contribution < 1.29 is 18.7 Å². The SMILES string of the molecule is Cc1c(C(=O)CCCN2CCOCC2)ccc2nn(CC3CCN(C(=O)c4ccc(-c5ccc(F)cc5)cc4)CC3)cc12. The maximum Gasteiger partial charge on any atom is 0.253 e. The lowest BCUT2D eigenvalue weighted by molar-refractivity contribution is 0.0371. The molecule has 0 N–H and O–H groups in total. The second-order valence-electron chi connectivity index (χ2n) is 11.8. The van der Waals surface area contributed by atoms with Gasteiger partial charge in [0.25, 0.3) is 5.91 Å². The van der Waals surface area contributed by atoms with Crippen LogP contribution in [0.3, 0.4) is 0 Å². The van der Waals surface area contributed by atoms with E-state index in [0.717, 1.165) is 91.8 Å². The quantitative estimate of drug-likeness (QED) is 0.227. The highest BCUT2D eigenvalue weighted by atomic mass is 19.1. The Balaban J connectivity index is 1.01. The number of aryl methyl sites for hydroxylation is 1. The predicted molar refractivity (Wildman–Crippen MR) is 166 cm³/mol. The first-order chi connectivity index (χ1) is 20.9. The number of nitrogens with zero attached hydrogens (tertiary/aromatic N) is 4. The molecule has 224 valence electrons. The van der Waals surface area contributed by atoms with Crippen molar-refractivity contribution in [2.45, 2.75) is 39.2 Å². The normalized spacial score (nSPS) is 16.6. The molecule has 0 atom stereocenters. The first-order valence-corrected chi connectivity index (χ1v) is 15.4. The molecule has 3 aromatic carbocycles. The van der Waals surface area contributed by atoms with Crippen LogP contribution in [0.15, 0.2) is 66.9 Å². The number of hydrogen-bond donors (Lipinski definition) is 0. The minimum Gasteiger partial charge on any atom is -0.379 e. The monoisotopic (exact) mass is 582 g/mol. The van der Waals surface area contributed by atoms with Crippen LogP contribution in [0.1, 0.15) is 52.0 Å². The minimum absolute atomic E-state index is 0.0479. The summed E-state index contributed by atoms with van der Waals surface area (Å²) >= 11 is 0. The summed E-state index contributed by atoms with van der Waals surface area (Å²) in [5, 5.41) is 5.85. The number of fused-ring (bicyclic) bond motifs is 1. The largest absolute Gasteiger partial charge is 0.379 e. The van der Waals surface area contributed by atoms with Crippen LogP contribution in [0.2, 0.25) is 0 Å². The van der Waals surface area contributed by atoms with Gasteiger partial charge in [-0.1, -0.05) is 24.3 Å². The molecule has 6 rings (SSSR count). The second kappa shape index (κ2) is 13.2. The van der Waals surface area contributed by atoms with Gasteiger partial charge in [-0.25, -0.2) is 4.39 Å². The van der Waals surface area contributed by atoms with Gasteiger partial charge < -0.3 is 9.64 Å². The van der Waals surface area contributed by atoms with E-state index in [2.05, 4.69) is 11.1 Å². The fourth-order valence-corrected chi connectivity index (χ4v) is 6.31. The number of ketones is 1. The third-order valence-corrected chi connectivity index (χ3v) is 8.94. The van der Waals surface area contributed by atoms with Crippen molar-refractivity contribution in [3.8, 4) is 11.1 Å². The summed E-state index contributed by atoms with van der Waals surface area (Å²) in [5.74, 6) is 0.414. The summed E-state index contributed by atoms with van der Waals surface area (Å²) in [6, 6.07) is 17.8. The first-order valence-electron chi connectivity index (χ1n) is 15.4. The van der Waals surface area contributed by atoms with E-state index in [1.807, 2.05) is 52.9 Å². The fourth-order valence-electron chi connectivity index (χ4n) is 6.31. The zero-order valence-corrected chi connectivity index (χ0v) is 24.8. The molecular weight excluding hydrogens is 543 g/mol. The molecule has 0 bridgehead atoms. The predicted octanol–water partition coefficient (Wildman–Crippen LogP) is 6.00. The average molecular weight is 583 g/mol. The highest BCUT2D eigenvalue weighted by Gasteiger charge is 2.25. The zero-order chi connectivity index (χ0) is 29.8. The smallest absolute Gasteiger partial charge is 0.253 e. The summed E-state index contributed by atoms with van der Waals surface area (Å²) in [5.41, 5.74) is 5.27. The lowest BCUT2D eigenvalue weighted by Crippen LogP contribution is -2.39. The number of aromatic nitrogens is 2. The van der Waals surface area contributed by atoms with Crippen molar-refractivity contribution >= 4 is 22.6 Å². The van der Waals surface area contributed by atoms with E-state index in [9.17, 15) is 14.0 Å². The molecule has 2 aliphatic heterocycles. The van der Waals surface area contributed by atoms with Crippen molar-refractivity contribution in [1.82, 2.24) is 19.6 Å². The second-order valence-corrected chi connectivity index (χ2v) is 11.8. The summed E-state index contributed by atoms with van der Waals surface area (Å²) in [7, 11) is 0. The number of piperidine rings is 1. The molecule has 1 amide bonds. The molecule has 0 spiro atoms. The maximum atomic E-state index is 13.2. The molecule has 2 fully saturated rings. The van der Waals surface area contributed by atoms with Crippen LogP contribution in [0, 0.1) is 18.7 Å². The Morgan fingerprint density at radius 2 is 1.58 bits per heavy atom. The molecule has 8 heteroatoms. The molecule has 2 aliphatic rings. The molecule has 43 heavy (non-hydrogen) atoms. The summed E-state index contributed by atoms with van der Waals surface area (Å²) in [4.78, 5) is 30.5. The van der Waals surface area contributed by atoms with Crippen LogP contribution in [-0.2, 0) is 11.3 Å². The molecule has 0 aliphatic carbocycles. The first kappa shape index (κ1) is 29.2. The number of benzene rings is 3. The molecule has 0 radical (unpaired) electrons. The maximum absolute atomic E-state index is 13.2. The summed E-state index contributed by atoms with van der Waals surface area (Å²) in [6.07, 6.45) is 5.32. The fraction of sp³-hybridized carbons (Fsp3) is 0.400. The van der Waals surface area contributed by atoms with Crippen LogP contribution in [0.5, 0.6) is 0 Å². The van der Waals surface area contributed by atoms with E-state index < -0.39 is 0 Å². The number of amides is 1. The Morgan fingerprint density at radius 3 is 2.28 bits per heavy atom. The van der Waals surface area contributed by atoms with Gasteiger partial charge in [0, 0.05) is 61.9 Å². The average Bonchev–Trinajstić information content (AvgIpc) is 3.46. The van der Waals surface area contributed by atoms with Crippen molar-refractivity contribution in [2.24, 2.45) is 5.92 Å². The van der Waals surface area contributed by atoms with Crippen LogP contribution in [0.4, 0.5) is 4.39 Å². The number of halogens is 1. The van der Waals surface area contributed by atoms with Gasteiger partial charge in [-0.3, -0.25) is 19.2 Å². The summed E-state index contributed by atoms with van der Waals surface area (Å²) < 4.78 is 20.7. The standard InChI is InChI=1S/C35H39FN4O3/c1-25-31(34(41)3-2-16-38-19-21-43-22-20-38)12-13-33-32(25)24-40(37-33)23-26-14-17-39(18-15-26)35(42)29-6-4-27(5-7-29)28-8-10-30(36)11-9-28/h4-13,24,26H,2-3,14-23H2,1H3. The minimum atomic E-state index is -0.262. The van der Waals surface area contributed by atoms with Crippen LogP contribution >= 0.6 is 0 Å². The highest BCUT2D eigenvalue weighted by Crippen LogP contribution is 2.26. The van der Waals surface area contributed by atoms with E-state index in [-0.39, 0.29) is 17.5 Å². The molecule has 0 unspecified atom stereocenters. The van der Waals surface area contributed by atoms with Gasteiger partial charge in [-0.05, 0) is 91.7 Å². The lowest BCUT2D eigenvalue weighted by atomic mass is 9.96. The van der Waals surface area contributed by atoms with Crippen molar-refractivity contribution in [2.75, 3.05) is 45.9 Å². The Kier molecular flexibility index (Phi) is 8.95. The number of rotatable bonds is 9. The van der Waals surface area contributed by atoms with Crippen LogP contribution < -0.4 is 0 Å². The van der Waals surface area contributed by atoms with Gasteiger partial charge in [0.05, 0.1) is 18.7 Å². The van der Waals surface area contributed by atoms with Gasteiger partial charge >= 0.3 is 0 Å². The number of morpholine rings is 1. The van der Waals surface area contributed by atoms with E-state index in [1.54, 1.807) is 12.1 Å². The Morgan fingerprint density at radius 1 is 0.907 bits per heavy atom. The topological polar surface area (TPSA) is 67.7 Å². The van der Waals surface area contributed by atoms with E-state index in [1.165, 1.54) is 12.1 Å². The van der Waals surface area contributed by atoms with Gasteiger partial charge in [-0.2, -0.15) is 5.10 Å². The van der Waals surface area contributed by atoms with Crippen molar-refractivity contribution in [3.63, 3.8) is 0 Å². The molecule has 4 aromatic rings. The molecule has 1 aromatic heterocycles. The van der Waals surface area contributed by atoms with Crippen molar-refractivity contribution in [1.29, 1.82) is 0 Å². The molecular formula is C35H39FN4O3. The molecule has 2 saturated heterocycles. The van der Waals surface area contributed by atoms with Crippen LogP contribution in [0.25, 0.3) is 22.0 Å². The van der Waals surface area contributed by atoms with E-state index in [0.29, 0.717) is 31.0 Å². The third-order valence-electron chi connectivity index (χ3n) is 8.94. The number of carbonyl (C=O) groups is 2. The van der Waals surface area contributed by atoms with Crippen LogP contribution in [-0.4, -0.2) is 77.2 Å².